The summed E-state index contributed by atoms with van der Waals surface area (Å²) < 4.78 is 58.2. The Morgan fingerprint density at radius 2 is 1.74 bits per heavy atom. The molecule has 2 aromatic heterocycles. The fourth-order valence-corrected chi connectivity index (χ4v) is 5.15. The lowest BCUT2D eigenvalue weighted by molar-refractivity contribution is -0.145. The van der Waals surface area contributed by atoms with Crippen molar-refractivity contribution in [2.45, 2.75) is 44.1 Å². The minimum atomic E-state index is -4.64. The summed E-state index contributed by atoms with van der Waals surface area (Å²) in [5.41, 5.74) is 1.75. The molecule has 5 rings (SSSR count). The number of piperidine rings is 1. The summed E-state index contributed by atoms with van der Waals surface area (Å²) in [6, 6.07) is 8.88. The van der Waals surface area contributed by atoms with Crippen molar-refractivity contribution in [3.63, 3.8) is 0 Å². The van der Waals surface area contributed by atoms with E-state index in [1.165, 1.54) is 12.4 Å². The average molecular weight is 532 g/mol. The molecule has 2 aliphatic rings. The van der Waals surface area contributed by atoms with Crippen LogP contribution in [-0.2, 0) is 10.9 Å². The van der Waals surface area contributed by atoms with Crippen LogP contribution in [0.3, 0.4) is 0 Å². The number of ether oxygens (including phenoxy) is 1. The first-order valence-corrected chi connectivity index (χ1v) is 12.8. The highest BCUT2D eigenvalue weighted by atomic mass is 19.4. The highest BCUT2D eigenvalue weighted by Gasteiger charge is 2.35. The number of likely N-dealkylation sites (tertiary alicyclic amines) is 1. The number of aromatic nitrogens is 3. The smallest absolute Gasteiger partial charge is 0.378 e. The maximum absolute atomic E-state index is 13.8. The van der Waals surface area contributed by atoms with Crippen molar-refractivity contribution in [2.24, 2.45) is 0 Å². The molecule has 38 heavy (non-hydrogen) atoms. The van der Waals surface area contributed by atoms with Crippen molar-refractivity contribution in [3.8, 4) is 0 Å². The molecule has 11 heteroatoms. The topological polar surface area (TPSA) is 71.5 Å². The van der Waals surface area contributed by atoms with Gasteiger partial charge in [0, 0.05) is 67.5 Å². The number of morpholine rings is 1. The van der Waals surface area contributed by atoms with Crippen molar-refractivity contribution in [3.05, 3.63) is 59.7 Å². The zero-order valence-electron chi connectivity index (χ0n) is 20.8. The van der Waals surface area contributed by atoms with Crippen LogP contribution in [0.5, 0.6) is 0 Å². The molecular weight excluding hydrogens is 502 g/mol. The zero-order valence-corrected chi connectivity index (χ0v) is 20.8. The molecule has 0 aliphatic carbocycles. The van der Waals surface area contributed by atoms with E-state index in [4.69, 9.17) is 9.72 Å². The van der Waals surface area contributed by atoms with Crippen LogP contribution >= 0.6 is 0 Å². The maximum Gasteiger partial charge on any atom is 0.451 e. The van der Waals surface area contributed by atoms with Crippen molar-refractivity contribution in [1.82, 2.24) is 19.9 Å². The molecule has 2 aliphatic heterocycles. The lowest BCUT2D eigenvalue weighted by atomic mass is 9.95. The fourth-order valence-electron chi connectivity index (χ4n) is 5.15. The second kappa shape index (κ2) is 11.3. The van der Waals surface area contributed by atoms with E-state index in [2.05, 4.69) is 14.9 Å². The summed E-state index contributed by atoms with van der Waals surface area (Å²) in [6.45, 7) is 3.70. The molecule has 0 radical (unpaired) electrons. The molecule has 2 fully saturated rings. The number of carbonyl (C=O) groups is 1. The summed E-state index contributed by atoms with van der Waals surface area (Å²) in [4.78, 5) is 29.3. The van der Waals surface area contributed by atoms with E-state index < -0.39 is 24.2 Å². The van der Waals surface area contributed by atoms with Gasteiger partial charge in [0.1, 0.15) is 12.0 Å². The van der Waals surface area contributed by atoms with Gasteiger partial charge in [0.05, 0.1) is 18.7 Å². The van der Waals surface area contributed by atoms with Gasteiger partial charge in [0.2, 0.25) is 5.82 Å². The number of fused-ring (bicyclic) bond motifs is 1. The normalized spacial score (nSPS) is 18.6. The Bertz CT molecular complexity index is 1260. The molecule has 202 valence electrons. The number of carbonyl (C=O) groups excluding carboxylic acids is 1. The van der Waals surface area contributed by atoms with Crippen LogP contribution in [0, 0.1) is 0 Å². The third-order valence-corrected chi connectivity index (χ3v) is 7.21. The Labute approximate surface area is 217 Å². The first kappa shape index (κ1) is 26.4. The maximum atomic E-state index is 13.8. The minimum absolute atomic E-state index is 0.0882. The molecule has 0 spiro atoms. The SMILES string of the molecule is O=C(CCC(c1cnc(C(F)(F)F)nc1)N1CCC(F)CC1)c1cccc2nc(N3CCOCC3)ccc12. The van der Waals surface area contributed by atoms with Crippen LogP contribution < -0.4 is 4.90 Å². The second-order valence-electron chi connectivity index (χ2n) is 9.67. The van der Waals surface area contributed by atoms with Crippen LogP contribution in [0.1, 0.15) is 53.5 Å². The number of ketones is 1. The number of anilines is 1. The molecule has 0 bridgehead atoms. The standard InChI is InChI=1S/C27H29F4N5O2/c28-19-8-10-35(11-9-19)23(18-16-32-26(33-17-18)27(29,30)31)5-6-24(37)21-2-1-3-22-20(21)4-7-25(34-22)36-12-14-38-15-13-36/h1-4,7,16-17,19,23H,5-6,8-15H2. The predicted octanol–water partition coefficient (Wildman–Crippen LogP) is 5.02. The van der Waals surface area contributed by atoms with Crippen LogP contribution in [-0.4, -0.2) is 71.2 Å². The van der Waals surface area contributed by atoms with Gasteiger partial charge in [-0.3, -0.25) is 9.69 Å². The molecule has 7 nitrogen and oxygen atoms in total. The summed E-state index contributed by atoms with van der Waals surface area (Å²) in [5, 5.41) is 0.752. The first-order chi connectivity index (χ1) is 18.3. The number of Topliss-reactive ketones (excluding diaryl/α,β-unsaturated/α-hetero) is 1. The number of halogens is 4. The van der Waals surface area contributed by atoms with Gasteiger partial charge in [0.15, 0.2) is 5.78 Å². The Kier molecular flexibility index (Phi) is 7.85. The van der Waals surface area contributed by atoms with Crippen LogP contribution in [0.15, 0.2) is 42.7 Å². The average Bonchev–Trinajstić information content (AvgIpc) is 2.93. The van der Waals surface area contributed by atoms with Gasteiger partial charge in [-0.25, -0.2) is 19.3 Å². The van der Waals surface area contributed by atoms with E-state index in [1.54, 1.807) is 12.1 Å². The van der Waals surface area contributed by atoms with E-state index in [0.717, 1.165) is 29.8 Å². The van der Waals surface area contributed by atoms with Crippen molar-refractivity contribution in [2.75, 3.05) is 44.3 Å². The first-order valence-electron chi connectivity index (χ1n) is 12.8. The lowest BCUT2D eigenvalue weighted by Gasteiger charge is -2.35. The van der Waals surface area contributed by atoms with Gasteiger partial charge in [-0.05, 0) is 37.5 Å². The second-order valence-corrected chi connectivity index (χ2v) is 9.67. The highest BCUT2D eigenvalue weighted by Crippen LogP contribution is 2.32. The van der Waals surface area contributed by atoms with Crippen LogP contribution in [0.4, 0.5) is 23.4 Å². The number of hydrogen-bond donors (Lipinski definition) is 0. The molecule has 1 aromatic carbocycles. The molecular formula is C27H29F4N5O2. The van der Waals surface area contributed by atoms with Gasteiger partial charge in [0.25, 0.3) is 0 Å². The van der Waals surface area contributed by atoms with Gasteiger partial charge < -0.3 is 9.64 Å². The Hall–Kier alpha value is -3.18. The molecule has 0 N–H and O–H groups in total. The van der Waals surface area contributed by atoms with E-state index >= 15 is 0 Å². The Balaban J connectivity index is 1.35. The lowest BCUT2D eigenvalue weighted by Crippen LogP contribution is -2.37. The van der Waals surface area contributed by atoms with Gasteiger partial charge >= 0.3 is 6.18 Å². The summed E-state index contributed by atoms with van der Waals surface area (Å²) in [7, 11) is 0. The van der Waals surface area contributed by atoms with E-state index in [9.17, 15) is 22.4 Å². The Morgan fingerprint density at radius 3 is 2.42 bits per heavy atom. The van der Waals surface area contributed by atoms with Crippen LogP contribution in [0.2, 0.25) is 0 Å². The third kappa shape index (κ3) is 5.94. The van der Waals surface area contributed by atoms with E-state index in [1.807, 2.05) is 23.1 Å². The quantitative estimate of drug-likeness (QED) is 0.313. The highest BCUT2D eigenvalue weighted by molar-refractivity contribution is 6.07. The van der Waals surface area contributed by atoms with Crippen molar-refractivity contribution in [1.29, 1.82) is 0 Å². The van der Waals surface area contributed by atoms with E-state index in [0.29, 0.717) is 56.7 Å². The molecule has 3 aromatic rings. The number of alkyl halides is 4. The minimum Gasteiger partial charge on any atom is -0.378 e. The monoisotopic (exact) mass is 531 g/mol. The largest absolute Gasteiger partial charge is 0.451 e. The molecule has 0 saturated carbocycles. The van der Waals surface area contributed by atoms with Gasteiger partial charge in [-0.1, -0.05) is 12.1 Å². The fraction of sp³-hybridized carbons (Fsp3) is 0.481. The third-order valence-electron chi connectivity index (χ3n) is 7.21. The molecule has 4 heterocycles. The van der Waals surface area contributed by atoms with Gasteiger partial charge in [-0.15, -0.1) is 0 Å². The number of rotatable bonds is 7. The Morgan fingerprint density at radius 1 is 1.03 bits per heavy atom. The molecule has 1 unspecified atom stereocenters. The van der Waals surface area contributed by atoms with Crippen molar-refractivity contribution >= 4 is 22.5 Å². The predicted molar refractivity (Wildman–Crippen MR) is 134 cm³/mol. The van der Waals surface area contributed by atoms with Gasteiger partial charge in [-0.2, -0.15) is 13.2 Å². The summed E-state index contributed by atoms with van der Waals surface area (Å²) in [6.07, 6.45) is -2.02. The number of pyridine rings is 1. The summed E-state index contributed by atoms with van der Waals surface area (Å²) >= 11 is 0. The summed E-state index contributed by atoms with van der Waals surface area (Å²) in [5.74, 6) is -0.461. The van der Waals surface area contributed by atoms with E-state index in [-0.39, 0.29) is 12.2 Å². The molecule has 2 saturated heterocycles. The van der Waals surface area contributed by atoms with Crippen LogP contribution in [0.25, 0.3) is 10.9 Å². The van der Waals surface area contributed by atoms with Crippen molar-refractivity contribution < 1.29 is 27.1 Å². The number of benzene rings is 1. The molecule has 1 atom stereocenters. The molecule has 0 amide bonds. The number of nitrogens with zero attached hydrogens (tertiary/aromatic N) is 5. The number of hydrogen-bond acceptors (Lipinski definition) is 7. The zero-order chi connectivity index (χ0) is 26.7.